The molecule has 6 nitrogen and oxygen atoms in total. The molecule has 0 radical (unpaired) electrons. The lowest BCUT2D eigenvalue weighted by Gasteiger charge is -2.45. The third kappa shape index (κ3) is 2.40. The monoisotopic (exact) mass is 378 g/mol. The Balaban J connectivity index is 1.62. The molecule has 1 atom stereocenters. The number of hydrogen-bond donors (Lipinski definition) is 1. The normalized spacial score (nSPS) is 31.1. The van der Waals surface area contributed by atoms with Gasteiger partial charge in [0.1, 0.15) is 18.5 Å². The first-order valence-electron chi connectivity index (χ1n) is 9.98. The van der Waals surface area contributed by atoms with Gasteiger partial charge < -0.3 is 15.2 Å². The summed E-state index contributed by atoms with van der Waals surface area (Å²) in [7, 11) is 1.81. The molecule has 0 bridgehead atoms. The van der Waals surface area contributed by atoms with Gasteiger partial charge in [0.05, 0.1) is 6.10 Å². The molecule has 2 heterocycles. The van der Waals surface area contributed by atoms with Crippen LogP contribution in [-0.2, 0) is 21.4 Å². The Morgan fingerprint density at radius 1 is 1.25 bits per heavy atom. The van der Waals surface area contributed by atoms with Crippen LogP contribution in [0.1, 0.15) is 42.5 Å². The van der Waals surface area contributed by atoms with Crippen LogP contribution < -0.4 is 5.73 Å². The molecular formula is C22H26N4O2. The number of hydrogen-bond acceptors (Lipinski definition) is 6. The fraction of sp³-hybridized carbons (Fsp3) is 0.500. The Labute approximate surface area is 165 Å². The van der Waals surface area contributed by atoms with Crippen molar-refractivity contribution < 1.29 is 9.47 Å². The Morgan fingerprint density at radius 3 is 2.75 bits per heavy atom. The second-order valence-electron chi connectivity index (χ2n) is 8.38. The first kappa shape index (κ1) is 17.6. The van der Waals surface area contributed by atoms with E-state index in [-0.39, 0.29) is 5.41 Å². The molecule has 146 valence electrons. The first-order chi connectivity index (χ1) is 13.6. The van der Waals surface area contributed by atoms with Crippen molar-refractivity contribution in [2.75, 3.05) is 13.7 Å². The van der Waals surface area contributed by atoms with E-state index in [2.05, 4.69) is 28.2 Å². The molecule has 0 saturated heterocycles. The maximum atomic E-state index is 6.05. The van der Waals surface area contributed by atoms with Crippen molar-refractivity contribution in [3.63, 3.8) is 0 Å². The zero-order chi connectivity index (χ0) is 19.4. The Kier molecular flexibility index (Phi) is 3.95. The molecule has 0 amide bonds. The van der Waals surface area contributed by atoms with Crippen LogP contribution in [0.25, 0.3) is 11.1 Å². The minimum absolute atomic E-state index is 0.0480. The van der Waals surface area contributed by atoms with Gasteiger partial charge in [-0.1, -0.05) is 12.1 Å². The average Bonchev–Trinajstić information content (AvgIpc) is 3.23. The third-order valence-electron chi connectivity index (χ3n) is 7.14. The number of benzene rings is 1. The van der Waals surface area contributed by atoms with Crippen molar-refractivity contribution in [1.29, 1.82) is 0 Å². The van der Waals surface area contributed by atoms with Crippen molar-refractivity contribution in [2.24, 2.45) is 16.1 Å². The maximum absolute atomic E-state index is 6.05. The Hall–Kier alpha value is -2.47. The number of methoxy groups -OCH3 is 1. The van der Waals surface area contributed by atoms with Crippen molar-refractivity contribution in [1.82, 2.24) is 9.97 Å². The highest BCUT2D eigenvalue weighted by atomic mass is 16.5. The van der Waals surface area contributed by atoms with Crippen molar-refractivity contribution >= 4 is 6.02 Å². The van der Waals surface area contributed by atoms with E-state index in [1.54, 1.807) is 6.33 Å². The molecule has 3 aliphatic rings. The number of fused-ring (bicyclic) bond motifs is 3. The molecule has 28 heavy (non-hydrogen) atoms. The number of aryl methyl sites for hydroxylation is 1. The van der Waals surface area contributed by atoms with Gasteiger partial charge >= 0.3 is 0 Å². The Bertz CT molecular complexity index is 949. The summed E-state index contributed by atoms with van der Waals surface area (Å²) in [5.74, 6) is 0. The summed E-state index contributed by atoms with van der Waals surface area (Å²) >= 11 is 0. The van der Waals surface area contributed by atoms with Crippen molar-refractivity contribution in [2.45, 2.75) is 50.7 Å². The molecule has 2 spiro atoms. The van der Waals surface area contributed by atoms with Gasteiger partial charge in [0, 0.05) is 30.0 Å². The quantitative estimate of drug-likeness (QED) is 0.868. The van der Waals surface area contributed by atoms with Gasteiger partial charge in [-0.3, -0.25) is 0 Å². The first-order valence-corrected chi connectivity index (χ1v) is 9.98. The highest BCUT2D eigenvalue weighted by Crippen LogP contribution is 2.61. The van der Waals surface area contributed by atoms with Gasteiger partial charge in [-0.25, -0.2) is 15.0 Å². The van der Waals surface area contributed by atoms with Gasteiger partial charge in [-0.15, -0.1) is 0 Å². The minimum atomic E-state index is -0.398. The van der Waals surface area contributed by atoms with Crippen molar-refractivity contribution in [3.05, 3.63) is 47.5 Å². The molecule has 2 aromatic rings. The largest absolute Gasteiger partial charge is 0.462 e. The van der Waals surface area contributed by atoms with Gasteiger partial charge in [-0.2, -0.15) is 0 Å². The standard InChI is InChI=1S/C22H26N4O2/c1-14-18(11-24-13-25-14)15-3-4-16-10-21(7-5-17(27-2)6-8-21)22(19(16)9-15)12-28-20(23)26-22/h3-4,9,11,13,17H,5-8,10,12H2,1-2H3,(H2,23,26)/t17?,21?,22-/m0/s1. The number of ether oxygens (including phenoxy) is 2. The van der Waals surface area contributed by atoms with Crippen LogP contribution in [0.2, 0.25) is 0 Å². The highest BCUT2D eigenvalue weighted by Gasteiger charge is 2.61. The van der Waals surface area contributed by atoms with Gasteiger partial charge in [-0.05, 0) is 61.8 Å². The van der Waals surface area contributed by atoms with Crippen LogP contribution in [0.3, 0.4) is 0 Å². The lowest BCUT2D eigenvalue weighted by Crippen LogP contribution is -2.46. The highest BCUT2D eigenvalue weighted by molar-refractivity contribution is 5.76. The van der Waals surface area contributed by atoms with E-state index in [1.165, 1.54) is 11.1 Å². The molecule has 1 fully saturated rings. The summed E-state index contributed by atoms with van der Waals surface area (Å²) < 4.78 is 11.4. The van der Waals surface area contributed by atoms with E-state index >= 15 is 0 Å². The average molecular weight is 378 g/mol. The fourth-order valence-electron chi connectivity index (χ4n) is 5.56. The number of nitrogens with zero attached hydrogens (tertiary/aromatic N) is 3. The SMILES string of the molecule is COC1CCC2(CC1)Cc1ccc(-c3cncnc3C)cc1[C@@]21COC(N)=N1. The lowest BCUT2D eigenvalue weighted by atomic mass is 9.62. The van der Waals surface area contributed by atoms with Crippen molar-refractivity contribution in [3.8, 4) is 11.1 Å². The van der Waals surface area contributed by atoms with Gasteiger partial charge in [0.25, 0.3) is 6.02 Å². The van der Waals surface area contributed by atoms with Crippen LogP contribution in [0.15, 0.2) is 35.7 Å². The summed E-state index contributed by atoms with van der Waals surface area (Å²) in [6.45, 7) is 2.54. The van der Waals surface area contributed by atoms with E-state index in [0.29, 0.717) is 18.7 Å². The number of aromatic nitrogens is 2. The zero-order valence-corrected chi connectivity index (χ0v) is 16.4. The fourth-order valence-corrected chi connectivity index (χ4v) is 5.56. The van der Waals surface area contributed by atoms with Crippen LogP contribution in [0.5, 0.6) is 0 Å². The van der Waals surface area contributed by atoms with Crippen LogP contribution in [0.4, 0.5) is 0 Å². The van der Waals surface area contributed by atoms with Gasteiger partial charge in [0.2, 0.25) is 0 Å². The molecular weight excluding hydrogens is 352 g/mol. The molecule has 1 aromatic heterocycles. The Morgan fingerprint density at radius 2 is 2.07 bits per heavy atom. The number of aliphatic imine (C=N–C) groups is 1. The maximum Gasteiger partial charge on any atom is 0.283 e. The van der Waals surface area contributed by atoms with E-state index in [1.807, 2.05) is 20.2 Å². The molecule has 1 aromatic carbocycles. The topological polar surface area (TPSA) is 82.6 Å². The summed E-state index contributed by atoms with van der Waals surface area (Å²) in [5, 5.41) is 0. The summed E-state index contributed by atoms with van der Waals surface area (Å²) in [6, 6.07) is 7.01. The predicted octanol–water partition coefficient (Wildman–Crippen LogP) is 3.12. The molecule has 2 aliphatic carbocycles. The second kappa shape index (κ2) is 6.27. The van der Waals surface area contributed by atoms with E-state index in [9.17, 15) is 0 Å². The van der Waals surface area contributed by atoms with Crippen LogP contribution in [-0.4, -0.2) is 35.8 Å². The lowest BCUT2D eigenvalue weighted by molar-refractivity contribution is -0.00983. The molecule has 5 rings (SSSR count). The van der Waals surface area contributed by atoms with Gasteiger partial charge in [0.15, 0.2) is 0 Å². The second-order valence-corrected chi connectivity index (χ2v) is 8.38. The van der Waals surface area contributed by atoms with E-state index < -0.39 is 5.54 Å². The minimum Gasteiger partial charge on any atom is -0.462 e. The summed E-state index contributed by atoms with van der Waals surface area (Å²) in [4.78, 5) is 13.5. The zero-order valence-electron chi connectivity index (χ0n) is 16.4. The molecule has 2 N–H and O–H groups in total. The number of rotatable bonds is 2. The van der Waals surface area contributed by atoms with E-state index in [0.717, 1.165) is 48.9 Å². The predicted molar refractivity (Wildman–Crippen MR) is 107 cm³/mol. The molecule has 6 heteroatoms. The summed E-state index contributed by atoms with van der Waals surface area (Å²) in [6.07, 6.45) is 9.09. The summed E-state index contributed by atoms with van der Waals surface area (Å²) in [5.41, 5.74) is 11.5. The smallest absolute Gasteiger partial charge is 0.283 e. The van der Waals surface area contributed by atoms with Crippen LogP contribution in [0, 0.1) is 12.3 Å². The molecule has 1 aliphatic heterocycles. The van der Waals surface area contributed by atoms with E-state index in [4.69, 9.17) is 20.2 Å². The number of nitrogens with two attached hydrogens (primary N) is 1. The van der Waals surface area contributed by atoms with Crippen LogP contribution >= 0.6 is 0 Å². The molecule has 1 saturated carbocycles. The third-order valence-corrected chi connectivity index (χ3v) is 7.14. The number of amidine groups is 1. The molecule has 0 unspecified atom stereocenters.